The molecule has 532 valence electrons. The van der Waals surface area contributed by atoms with E-state index in [1.54, 1.807) is 22.3 Å². The molecule has 0 atom stereocenters. The summed E-state index contributed by atoms with van der Waals surface area (Å²) in [6, 6.07) is 83.5. The third kappa shape index (κ3) is 18.2. The molecule has 12 rings (SSSR count). The van der Waals surface area contributed by atoms with E-state index in [1.807, 2.05) is 0 Å². The number of nitrogens with zero attached hydrogens (tertiary/aromatic N) is 2. The minimum atomic E-state index is 0.0931. The second-order valence-corrected chi connectivity index (χ2v) is 31.0. The summed E-state index contributed by atoms with van der Waals surface area (Å²) < 4.78 is 0. The lowest BCUT2D eigenvalue weighted by atomic mass is 9.70. The fourth-order valence-corrected chi connectivity index (χ4v) is 17.0. The van der Waals surface area contributed by atoms with Crippen LogP contribution < -0.4 is 9.80 Å². The van der Waals surface area contributed by atoms with Crippen LogP contribution in [0.1, 0.15) is 263 Å². The van der Waals surface area contributed by atoms with E-state index in [0.29, 0.717) is 0 Å². The van der Waals surface area contributed by atoms with Gasteiger partial charge in [-0.1, -0.05) is 349 Å². The highest BCUT2D eigenvalue weighted by molar-refractivity contribution is 5.87. The Kier molecular flexibility index (Phi) is 27.0. The van der Waals surface area contributed by atoms with Gasteiger partial charge in [-0.25, -0.2) is 0 Å². The van der Waals surface area contributed by atoms with Crippen LogP contribution in [0.4, 0.5) is 34.1 Å². The van der Waals surface area contributed by atoms with E-state index in [1.165, 1.54) is 292 Å². The standard InChI is InChI=1S/2C50H61N/c2*1-6-8-10-12-14-16-34-50(35-17-15-13-11-9-7-2)48-36-40(5)22-32-46(48)47-33-25-42(37-49(47)50)41-23-30-45(31-24-41)51(43-26-18-38(3)19-27-43)44-28-20-39(4)21-29-44/h2*18-33,36-37H,6-17,34-35H2,1-5H3. The van der Waals surface area contributed by atoms with Gasteiger partial charge in [0.15, 0.2) is 0 Å². The van der Waals surface area contributed by atoms with E-state index in [4.69, 9.17) is 0 Å². The van der Waals surface area contributed by atoms with Gasteiger partial charge in [-0.2, -0.15) is 0 Å². The van der Waals surface area contributed by atoms with Crippen LogP contribution in [0.25, 0.3) is 44.5 Å². The fraction of sp³-hybridized carbons (Fsp3) is 0.400. The molecule has 0 saturated heterocycles. The van der Waals surface area contributed by atoms with E-state index in [0.717, 1.165) is 0 Å². The summed E-state index contributed by atoms with van der Waals surface area (Å²) >= 11 is 0. The fourth-order valence-electron chi connectivity index (χ4n) is 17.0. The summed E-state index contributed by atoms with van der Waals surface area (Å²) in [5.41, 5.74) is 32.6. The van der Waals surface area contributed by atoms with Crippen molar-refractivity contribution < 1.29 is 0 Å². The number of anilines is 6. The number of hydrogen-bond acceptors (Lipinski definition) is 2. The van der Waals surface area contributed by atoms with Crippen LogP contribution in [0.3, 0.4) is 0 Å². The zero-order chi connectivity index (χ0) is 71.3. The molecule has 2 nitrogen and oxygen atoms in total. The molecule has 10 aromatic carbocycles. The maximum absolute atomic E-state index is 2.59. The molecule has 0 spiro atoms. The van der Waals surface area contributed by atoms with Crippen LogP contribution in [0.15, 0.2) is 218 Å². The first-order valence-corrected chi connectivity index (χ1v) is 40.5. The average Bonchev–Trinajstić information content (AvgIpc) is 1.57. The van der Waals surface area contributed by atoms with Gasteiger partial charge >= 0.3 is 0 Å². The maximum atomic E-state index is 2.59. The monoisotopic (exact) mass is 1350 g/mol. The number of rotatable bonds is 36. The number of aryl methyl sites for hydroxylation is 6. The Morgan fingerprint density at radius 2 is 0.392 bits per heavy atom. The van der Waals surface area contributed by atoms with Crippen LogP contribution in [-0.4, -0.2) is 0 Å². The van der Waals surface area contributed by atoms with Crippen molar-refractivity contribution in [3.05, 3.63) is 274 Å². The van der Waals surface area contributed by atoms with Gasteiger partial charge in [0.1, 0.15) is 0 Å². The SMILES string of the molecule is CCCCCCCCC1(CCCCCCCC)c2cc(C)ccc2-c2ccc(-c3ccc(N(c4ccc(C)cc4)c4ccc(C)cc4)cc3)cc21.CCCCCCCCC1(CCCCCCCC)c2cc(C)ccc2-c2ccc(-c3ccc(N(c4ccc(C)cc4)c4ccc(C)cc4)cc3)cc21. The predicted molar refractivity (Wildman–Crippen MR) is 446 cm³/mol. The number of hydrogen-bond donors (Lipinski definition) is 0. The minimum absolute atomic E-state index is 0.0931. The Morgan fingerprint density at radius 1 is 0.196 bits per heavy atom. The molecule has 2 aliphatic rings. The largest absolute Gasteiger partial charge is 0.311 e. The lowest BCUT2D eigenvalue weighted by Crippen LogP contribution is -2.25. The Hall–Kier alpha value is -8.20. The molecule has 0 fully saturated rings. The van der Waals surface area contributed by atoms with Gasteiger partial charge in [0.25, 0.3) is 0 Å². The lowest BCUT2D eigenvalue weighted by molar-refractivity contribution is 0.398. The third-order valence-corrected chi connectivity index (χ3v) is 22.9. The molecule has 0 saturated carbocycles. The van der Waals surface area contributed by atoms with Crippen LogP contribution in [-0.2, 0) is 10.8 Å². The Labute approximate surface area is 618 Å². The van der Waals surface area contributed by atoms with Gasteiger partial charge in [0.05, 0.1) is 0 Å². The van der Waals surface area contributed by atoms with Gasteiger partial charge < -0.3 is 9.80 Å². The molecule has 0 aromatic heterocycles. The topological polar surface area (TPSA) is 6.48 Å². The summed E-state index contributed by atoms with van der Waals surface area (Å²) in [6.45, 7) is 22.5. The van der Waals surface area contributed by atoms with E-state index < -0.39 is 0 Å². The smallest absolute Gasteiger partial charge is 0.0462 e. The van der Waals surface area contributed by atoms with Crippen molar-refractivity contribution in [3.63, 3.8) is 0 Å². The molecular weight excluding hydrogens is 1230 g/mol. The van der Waals surface area contributed by atoms with Crippen LogP contribution in [0.2, 0.25) is 0 Å². The van der Waals surface area contributed by atoms with Crippen molar-refractivity contribution in [2.75, 3.05) is 9.80 Å². The molecule has 2 heteroatoms. The van der Waals surface area contributed by atoms with Gasteiger partial charge in [0, 0.05) is 45.0 Å². The van der Waals surface area contributed by atoms with E-state index in [9.17, 15) is 0 Å². The Balaban J connectivity index is 0.000000205. The van der Waals surface area contributed by atoms with Crippen molar-refractivity contribution in [2.45, 2.75) is 260 Å². The molecule has 0 aliphatic heterocycles. The van der Waals surface area contributed by atoms with Crippen molar-refractivity contribution in [1.29, 1.82) is 0 Å². The highest BCUT2D eigenvalue weighted by Crippen LogP contribution is 2.57. The van der Waals surface area contributed by atoms with Gasteiger partial charge in [-0.05, 0) is 219 Å². The van der Waals surface area contributed by atoms with Gasteiger partial charge in [-0.3, -0.25) is 0 Å². The molecular formula is C100H122N2. The highest BCUT2D eigenvalue weighted by Gasteiger charge is 2.44. The summed E-state index contributed by atoms with van der Waals surface area (Å²) in [6.07, 6.45) is 37.2. The zero-order valence-corrected chi connectivity index (χ0v) is 64.5. The Bertz CT molecular complexity index is 3810. The van der Waals surface area contributed by atoms with Crippen LogP contribution in [0.5, 0.6) is 0 Å². The molecule has 0 unspecified atom stereocenters. The lowest BCUT2D eigenvalue weighted by Gasteiger charge is -2.33. The minimum Gasteiger partial charge on any atom is -0.311 e. The first-order valence-electron chi connectivity index (χ1n) is 40.5. The van der Waals surface area contributed by atoms with Crippen molar-refractivity contribution in [1.82, 2.24) is 0 Å². The number of fused-ring (bicyclic) bond motifs is 6. The van der Waals surface area contributed by atoms with Crippen LogP contribution in [0, 0.1) is 41.5 Å². The van der Waals surface area contributed by atoms with Crippen molar-refractivity contribution >= 4 is 34.1 Å². The van der Waals surface area contributed by atoms with Crippen LogP contribution >= 0.6 is 0 Å². The Morgan fingerprint density at radius 3 is 0.647 bits per heavy atom. The third-order valence-electron chi connectivity index (χ3n) is 22.9. The number of unbranched alkanes of at least 4 members (excludes halogenated alkanes) is 20. The zero-order valence-electron chi connectivity index (χ0n) is 64.5. The van der Waals surface area contributed by atoms with Crippen molar-refractivity contribution in [3.8, 4) is 44.5 Å². The molecule has 0 radical (unpaired) electrons. The maximum Gasteiger partial charge on any atom is 0.0462 e. The molecule has 0 bridgehead atoms. The van der Waals surface area contributed by atoms with E-state index >= 15 is 0 Å². The second-order valence-electron chi connectivity index (χ2n) is 31.0. The first kappa shape index (κ1) is 75.0. The predicted octanol–water partition coefficient (Wildman–Crippen LogP) is 31.0. The van der Waals surface area contributed by atoms with Crippen molar-refractivity contribution in [2.24, 2.45) is 0 Å². The quantitative estimate of drug-likeness (QED) is 0.0361. The first-order chi connectivity index (χ1) is 49.9. The summed E-state index contributed by atoms with van der Waals surface area (Å²) in [5.74, 6) is 0. The molecule has 10 aromatic rings. The van der Waals surface area contributed by atoms with Gasteiger partial charge in [-0.15, -0.1) is 0 Å². The summed E-state index contributed by atoms with van der Waals surface area (Å²) in [5, 5.41) is 0. The van der Waals surface area contributed by atoms with Gasteiger partial charge in [0.2, 0.25) is 0 Å². The van der Waals surface area contributed by atoms with E-state index in [2.05, 4.69) is 297 Å². The molecule has 0 amide bonds. The highest BCUT2D eigenvalue weighted by atomic mass is 15.1. The molecule has 102 heavy (non-hydrogen) atoms. The summed E-state index contributed by atoms with van der Waals surface area (Å²) in [7, 11) is 0. The summed E-state index contributed by atoms with van der Waals surface area (Å²) in [4.78, 5) is 4.74. The van der Waals surface area contributed by atoms with E-state index in [-0.39, 0.29) is 10.8 Å². The second kappa shape index (κ2) is 36.8. The molecule has 0 N–H and O–H groups in total. The normalized spacial score (nSPS) is 12.9. The molecule has 0 heterocycles. The molecule has 2 aliphatic carbocycles. The number of benzene rings is 10. The average molecular weight is 1350 g/mol.